The van der Waals surface area contributed by atoms with E-state index in [0.717, 1.165) is 12.8 Å². The topological polar surface area (TPSA) is 71.1 Å². The number of Topliss-reactive ketones (excluding diaryl/α,β-unsaturated/α-hetero) is 2. The van der Waals surface area contributed by atoms with Crippen molar-refractivity contribution in [2.45, 2.75) is 44.1 Å². The molecule has 2 fully saturated rings. The van der Waals surface area contributed by atoms with Crippen LogP contribution in [0.2, 0.25) is 0 Å². The highest BCUT2D eigenvalue weighted by molar-refractivity contribution is 6.31. The molecule has 2 aliphatic heterocycles. The molecule has 0 amide bonds. The Morgan fingerprint density at radius 3 is 1.74 bits per heavy atom. The maximum Gasteiger partial charge on any atom is 0.304 e. The van der Waals surface area contributed by atoms with Gasteiger partial charge in [-0.05, 0) is 12.8 Å². The summed E-state index contributed by atoms with van der Waals surface area (Å²) in [5, 5.41) is 0. The van der Waals surface area contributed by atoms with E-state index in [4.69, 9.17) is 18.9 Å². The fourth-order valence-corrected chi connectivity index (χ4v) is 3.23. The molecule has 0 radical (unpaired) electrons. The van der Waals surface area contributed by atoms with Crippen LogP contribution in [0.1, 0.15) is 46.4 Å². The van der Waals surface area contributed by atoms with Crippen LogP contribution >= 0.6 is 0 Å². The molecule has 0 aromatic heterocycles. The third kappa shape index (κ3) is 2.42. The highest BCUT2D eigenvalue weighted by Gasteiger charge is 2.59. The van der Waals surface area contributed by atoms with Gasteiger partial charge in [-0.15, -0.1) is 0 Å². The zero-order chi connectivity index (χ0) is 15.9. The second-order valence-electron chi connectivity index (χ2n) is 5.94. The minimum Gasteiger partial charge on any atom is -0.352 e. The van der Waals surface area contributed by atoms with Crippen molar-refractivity contribution in [1.82, 2.24) is 0 Å². The monoisotopic (exact) mass is 318 g/mol. The van der Waals surface area contributed by atoms with Crippen molar-refractivity contribution < 1.29 is 28.5 Å². The number of carbonyl (C=O) groups is 2. The summed E-state index contributed by atoms with van der Waals surface area (Å²) >= 11 is 0. The molecule has 23 heavy (non-hydrogen) atoms. The van der Waals surface area contributed by atoms with Gasteiger partial charge in [0, 0.05) is 37.2 Å². The van der Waals surface area contributed by atoms with Crippen LogP contribution in [0.3, 0.4) is 0 Å². The molecule has 2 atom stereocenters. The molecule has 6 heteroatoms. The first-order valence-electron chi connectivity index (χ1n) is 7.98. The normalized spacial score (nSPS) is 29.2. The van der Waals surface area contributed by atoms with Crippen LogP contribution in [0.5, 0.6) is 0 Å². The van der Waals surface area contributed by atoms with Gasteiger partial charge >= 0.3 is 5.79 Å². The van der Waals surface area contributed by atoms with Crippen molar-refractivity contribution in [3.63, 3.8) is 0 Å². The molecule has 0 spiro atoms. The van der Waals surface area contributed by atoms with E-state index in [1.165, 1.54) is 0 Å². The lowest BCUT2D eigenvalue weighted by Crippen LogP contribution is -2.51. The Bertz CT molecular complexity index is 573. The number of ketones is 2. The van der Waals surface area contributed by atoms with Crippen molar-refractivity contribution in [2.75, 3.05) is 13.2 Å². The molecule has 1 aromatic carbocycles. The molecule has 122 valence electrons. The van der Waals surface area contributed by atoms with E-state index in [0.29, 0.717) is 37.2 Å². The van der Waals surface area contributed by atoms with Crippen molar-refractivity contribution in [3.05, 3.63) is 35.4 Å². The third-order valence-electron chi connectivity index (χ3n) is 4.38. The number of fused-ring (bicyclic) bond motifs is 1. The SMILES string of the molecule is O=C1c2ccccc2C(=O)C1(OC1CCCO1)OC1CCCO1. The smallest absolute Gasteiger partial charge is 0.304 e. The second kappa shape index (κ2) is 5.79. The van der Waals surface area contributed by atoms with Crippen LogP contribution in [-0.4, -0.2) is 43.1 Å². The van der Waals surface area contributed by atoms with Gasteiger partial charge in [0.15, 0.2) is 12.6 Å². The van der Waals surface area contributed by atoms with Crippen LogP contribution in [0.15, 0.2) is 24.3 Å². The highest BCUT2D eigenvalue weighted by atomic mass is 16.8. The average Bonchev–Trinajstić information content (AvgIpc) is 3.29. The highest BCUT2D eigenvalue weighted by Crippen LogP contribution is 2.38. The van der Waals surface area contributed by atoms with Gasteiger partial charge in [-0.2, -0.15) is 0 Å². The van der Waals surface area contributed by atoms with Crippen molar-refractivity contribution in [2.24, 2.45) is 0 Å². The zero-order valence-corrected chi connectivity index (χ0v) is 12.7. The van der Waals surface area contributed by atoms with E-state index < -0.39 is 29.9 Å². The van der Waals surface area contributed by atoms with Crippen LogP contribution in [0, 0.1) is 0 Å². The Morgan fingerprint density at radius 2 is 1.35 bits per heavy atom. The Balaban J connectivity index is 1.70. The number of hydrogen-bond acceptors (Lipinski definition) is 6. The summed E-state index contributed by atoms with van der Waals surface area (Å²) in [4.78, 5) is 25.8. The Kier molecular flexibility index (Phi) is 3.77. The van der Waals surface area contributed by atoms with Gasteiger partial charge in [0.25, 0.3) is 0 Å². The van der Waals surface area contributed by atoms with E-state index in [9.17, 15) is 9.59 Å². The molecule has 2 saturated heterocycles. The molecule has 1 aromatic rings. The van der Waals surface area contributed by atoms with Crippen LogP contribution < -0.4 is 0 Å². The van der Waals surface area contributed by atoms with Crippen molar-refractivity contribution >= 4 is 11.6 Å². The van der Waals surface area contributed by atoms with E-state index in [-0.39, 0.29) is 0 Å². The number of ether oxygens (including phenoxy) is 4. The molecule has 2 heterocycles. The molecule has 0 saturated carbocycles. The predicted octanol–water partition coefficient (Wildman–Crippen LogP) is 2.07. The van der Waals surface area contributed by atoms with Crippen LogP contribution in [-0.2, 0) is 18.9 Å². The van der Waals surface area contributed by atoms with Gasteiger partial charge in [0.1, 0.15) is 0 Å². The van der Waals surface area contributed by atoms with Crippen molar-refractivity contribution in [3.8, 4) is 0 Å². The lowest BCUT2D eigenvalue weighted by Gasteiger charge is -2.31. The molecular weight excluding hydrogens is 300 g/mol. The van der Waals surface area contributed by atoms with E-state index in [1.807, 2.05) is 0 Å². The average molecular weight is 318 g/mol. The fraction of sp³-hybridized carbons (Fsp3) is 0.529. The fourth-order valence-electron chi connectivity index (χ4n) is 3.23. The lowest BCUT2D eigenvalue weighted by atomic mass is 10.1. The summed E-state index contributed by atoms with van der Waals surface area (Å²) < 4.78 is 22.5. The minimum absolute atomic E-state index is 0.327. The largest absolute Gasteiger partial charge is 0.352 e. The van der Waals surface area contributed by atoms with Crippen molar-refractivity contribution in [1.29, 1.82) is 0 Å². The number of carbonyl (C=O) groups excluding carboxylic acids is 2. The van der Waals surface area contributed by atoms with Gasteiger partial charge in [-0.3, -0.25) is 9.59 Å². The van der Waals surface area contributed by atoms with Gasteiger partial charge in [0.05, 0.1) is 0 Å². The van der Waals surface area contributed by atoms with E-state index in [2.05, 4.69) is 0 Å². The lowest BCUT2D eigenvalue weighted by molar-refractivity contribution is -0.289. The summed E-state index contributed by atoms with van der Waals surface area (Å²) in [6, 6.07) is 6.68. The number of rotatable bonds is 4. The zero-order valence-electron chi connectivity index (χ0n) is 12.7. The molecule has 0 N–H and O–H groups in total. The maximum atomic E-state index is 12.9. The first kappa shape index (κ1) is 15.0. The minimum atomic E-state index is -1.98. The molecular formula is C17H18O6. The first-order chi connectivity index (χ1) is 11.2. The van der Waals surface area contributed by atoms with Crippen LogP contribution in [0.25, 0.3) is 0 Å². The third-order valence-corrected chi connectivity index (χ3v) is 4.38. The molecule has 3 aliphatic rings. The molecule has 6 nitrogen and oxygen atoms in total. The number of hydrogen-bond donors (Lipinski definition) is 0. The Labute approximate surface area is 133 Å². The molecule has 2 unspecified atom stereocenters. The van der Waals surface area contributed by atoms with Crippen LogP contribution in [0.4, 0.5) is 0 Å². The van der Waals surface area contributed by atoms with E-state index in [1.54, 1.807) is 24.3 Å². The number of benzene rings is 1. The second-order valence-corrected chi connectivity index (χ2v) is 5.94. The van der Waals surface area contributed by atoms with E-state index >= 15 is 0 Å². The van der Waals surface area contributed by atoms with Gasteiger partial charge in [-0.25, -0.2) is 0 Å². The summed E-state index contributed by atoms with van der Waals surface area (Å²) in [7, 11) is 0. The summed E-state index contributed by atoms with van der Waals surface area (Å²) in [6.45, 7) is 1.10. The summed E-state index contributed by atoms with van der Waals surface area (Å²) in [5.74, 6) is -2.92. The standard InChI is InChI=1S/C17H18O6/c18-15-11-5-1-2-6-12(11)16(19)17(15,22-13-7-3-9-20-13)23-14-8-4-10-21-14/h1-2,5-6,13-14H,3-4,7-10H2. The summed E-state index contributed by atoms with van der Waals surface area (Å²) in [6.07, 6.45) is 1.70. The maximum absolute atomic E-state index is 12.9. The Morgan fingerprint density at radius 1 is 0.870 bits per heavy atom. The Hall–Kier alpha value is -1.60. The van der Waals surface area contributed by atoms with Gasteiger partial charge in [0.2, 0.25) is 11.6 Å². The summed E-state index contributed by atoms with van der Waals surface area (Å²) in [5.41, 5.74) is 0.655. The molecule has 0 bridgehead atoms. The predicted molar refractivity (Wildman–Crippen MR) is 78.0 cm³/mol. The van der Waals surface area contributed by atoms with Gasteiger partial charge < -0.3 is 18.9 Å². The first-order valence-corrected chi connectivity index (χ1v) is 7.98. The quantitative estimate of drug-likeness (QED) is 0.625. The van der Waals surface area contributed by atoms with Gasteiger partial charge in [-0.1, -0.05) is 24.3 Å². The molecule has 1 aliphatic carbocycles. The molecule has 4 rings (SSSR count).